The number of nitrogens with one attached hydrogen (secondary N) is 2. The van der Waals surface area contributed by atoms with Gasteiger partial charge in [-0.1, -0.05) is 41.4 Å². The smallest absolute Gasteiger partial charge is 0.314 e. The zero-order chi connectivity index (χ0) is 17.7. The van der Waals surface area contributed by atoms with Gasteiger partial charge in [-0.05, 0) is 35.9 Å². The third-order valence-electron chi connectivity index (χ3n) is 2.91. The number of halogens is 5. The number of benzene rings is 2. The molecule has 0 aliphatic heterocycles. The molecule has 126 valence electrons. The number of rotatable bonds is 3. The molecule has 0 fully saturated rings. The summed E-state index contributed by atoms with van der Waals surface area (Å²) in [7, 11) is 0. The van der Waals surface area contributed by atoms with Crippen molar-refractivity contribution in [2.75, 3.05) is 5.32 Å². The molecule has 8 heteroatoms. The Morgan fingerprint density at radius 1 is 1.04 bits per heavy atom. The molecule has 0 aliphatic rings. The topological polar surface area (TPSA) is 41.1 Å². The third kappa shape index (κ3) is 4.91. The molecule has 2 aromatic rings. The molecule has 2 rings (SSSR count). The van der Waals surface area contributed by atoms with Crippen molar-refractivity contribution in [2.45, 2.75) is 6.18 Å². The molecule has 0 bridgehead atoms. The summed E-state index contributed by atoms with van der Waals surface area (Å²) >= 11 is 11.5. The van der Waals surface area contributed by atoms with E-state index in [1.54, 1.807) is 30.3 Å². The highest BCUT2D eigenvalue weighted by Gasteiger charge is 2.33. The maximum atomic E-state index is 12.8. The van der Waals surface area contributed by atoms with E-state index >= 15 is 0 Å². The van der Waals surface area contributed by atoms with Crippen LogP contribution in [0.25, 0.3) is 6.08 Å². The Kier molecular flexibility index (Phi) is 5.75. The van der Waals surface area contributed by atoms with Gasteiger partial charge in [0.15, 0.2) is 0 Å². The van der Waals surface area contributed by atoms with Gasteiger partial charge in [0, 0.05) is 16.9 Å². The number of alkyl halides is 3. The van der Waals surface area contributed by atoms with Gasteiger partial charge in [0.2, 0.25) is 0 Å². The molecule has 24 heavy (non-hydrogen) atoms. The van der Waals surface area contributed by atoms with Gasteiger partial charge in [0.25, 0.3) is 0 Å². The number of amides is 2. The van der Waals surface area contributed by atoms with Crippen molar-refractivity contribution in [1.29, 1.82) is 0 Å². The maximum Gasteiger partial charge on any atom is 0.417 e. The largest absolute Gasteiger partial charge is 0.417 e. The van der Waals surface area contributed by atoms with E-state index in [-0.39, 0.29) is 5.69 Å². The fraction of sp³-hybridized carbons (Fsp3) is 0.0625. The first-order chi connectivity index (χ1) is 11.3. The predicted molar refractivity (Wildman–Crippen MR) is 89.1 cm³/mol. The Balaban J connectivity index is 2.02. The van der Waals surface area contributed by atoms with Crippen LogP contribution in [0.15, 0.2) is 48.7 Å². The Morgan fingerprint density at radius 2 is 1.75 bits per heavy atom. The van der Waals surface area contributed by atoms with E-state index in [1.807, 2.05) is 0 Å². The Labute approximate surface area is 146 Å². The number of urea groups is 1. The van der Waals surface area contributed by atoms with Crippen molar-refractivity contribution in [3.63, 3.8) is 0 Å². The van der Waals surface area contributed by atoms with E-state index in [0.29, 0.717) is 10.6 Å². The number of carbonyl (C=O) groups is 1. The lowest BCUT2D eigenvalue weighted by molar-refractivity contribution is -0.137. The molecule has 0 saturated carbocycles. The van der Waals surface area contributed by atoms with Crippen molar-refractivity contribution in [3.8, 4) is 0 Å². The molecule has 0 spiro atoms. The van der Waals surface area contributed by atoms with E-state index < -0.39 is 22.8 Å². The summed E-state index contributed by atoms with van der Waals surface area (Å²) in [5, 5.41) is 4.73. The van der Waals surface area contributed by atoms with Crippen LogP contribution in [0.4, 0.5) is 23.7 Å². The fourth-order valence-corrected chi connectivity index (χ4v) is 2.23. The SMILES string of the molecule is O=C(N/C=C/c1ccccc1Cl)Nc1ccc(Cl)c(C(F)(F)F)c1. The Hall–Kier alpha value is -2.18. The minimum atomic E-state index is -4.60. The summed E-state index contributed by atoms with van der Waals surface area (Å²) in [5.41, 5.74) is -0.366. The molecule has 2 aromatic carbocycles. The number of carbonyl (C=O) groups excluding carboxylic acids is 1. The first kappa shape index (κ1) is 18.2. The molecule has 0 aromatic heterocycles. The van der Waals surface area contributed by atoms with Gasteiger partial charge in [-0.15, -0.1) is 0 Å². The van der Waals surface area contributed by atoms with Crippen LogP contribution in [0.2, 0.25) is 10.0 Å². The van der Waals surface area contributed by atoms with E-state index in [4.69, 9.17) is 23.2 Å². The quantitative estimate of drug-likeness (QED) is 0.699. The molecule has 0 aliphatic carbocycles. The van der Waals surface area contributed by atoms with Crippen molar-refractivity contribution in [1.82, 2.24) is 5.32 Å². The minimum Gasteiger partial charge on any atom is -0.314 e. The number of hydrogen-bond donors (Lipinski definition) is 2. The molecule has 2 N–H and O–H groups in total. The van der Waals surface area contributed by atoms with E-state index in [0.717, 1.165) is 12.1 Å². The number of hydrogen-bond acceptors (Lipinski definition) is 1. The summed E-state index contributed by atoms with van der Waals surface area (Å²) in [6.07, 6.45) is -1.71. The minimum absolute atomic E-state index is 0.0321. The molecule has 0 radical (unpaired) electrons. The van der Waals surface area contributed by atoms with Crippen LogP contribution >= 0.6 is 23.2 Å². The van der Waals surface area contributed by atoms with Crippen LogP contribution in [0.5, 0.6) is 0 Å². The number of anilines is 1. The highest BCUT2D eigenvalue weighted by Crippen LogP contribution is 2.36. The monoisotopic (exact) mass is 374 g/mol. The average molecular weight is 375 g/mol. The summed E-state index contributed by atoms with van der Waals surface area (Å²) in [4.78, 5) is 11.7. The average Bonchev–Trinajstić information content (AvgIpc) is 2.50. The second kappa shape index (κ2) is 7.59. The highest BCUT2D eigenvalue weighted by molar-refractivity contribution is 6.32. The zero-order valence-corrected chi connectivity index (χ0v) is 13.5. The van der Waals surface area contributed by atoms with Gasteiger partial charge in [-0.25, -0.2) is 4.79 Å². The fourth-order valence-electron chi connectivity index (χ4n) is 1.80. The molecule has 3 nitrogen and oxygen atoms in total. The second-order valence-electron chi connectivity index (χ2n) is 4.65. The molecular formula is C16H11Cl2F3N2O. The Bertz CT molecular complexity index is 776. The van der Waals surface area contributed by atoms with Crippen LogP contribution in [0, 0.1) is 0 Å². The summed E-state index contributed by atoms with van der Waals surface area (Å²) in [6.45, 7) is 0. The summed E-state index contributed by atoms with van der Waals surface area (Å²) < 4.78 is 38.3. The standard InChI is InChI=1S/C16H11Cl2F3N2O/c17-13-4-2-1-3-10(13)7-8-22-15(24)23-11-5-6-14(18)12(9-11)16(19,20)21/h1-9H,(H2,22,23,24)/b8-7+. The molecule has 0 unspecified atom stereocenters. The molecular weight excluding hydrogens is 364 g/mol. The zero-order valence-electron chi connectivity index (χ0n) is 12.0. The first-order valence-electron chi connectivity index (χ1n) is 6.63. The maximum absolute atomic E-state index is 12.8. The van der Waals surface area contributed by atoms with Crippen LogP contribution in [-0.2, 0) is 6.18 Å². The second-order valence-corrected chi connectivity index (χ2v) is 5.46. The lowest BCUT2D eigenvalue weighted by atomic mass is 10.2. The summed E-state index contributed by atoms with van der Waals surface area (Å²) in [5.74, 6) is 0. The van der Waals surface area contributed by atoms with Crippen molar-refractivity contribution >= 4 is 41.0 Å². The highest BCUT2D eigenvalue weighted by atomic mass is 35.5. The first-order valence-corrected chi connectivity index (χ1v) is 7.38. The Morgan fingerprint density at radius 3 is 2.42 bits per heavy atom. The van der Waals surface area contributed by atoms with Gasteiger partial charge >= 0.3 is 12.2 Å². The van der Waals surface area contributed by atoms with Crippen LogP contribution in [0.3, 0.4) is 0 Å². The lowest BCUT2D eigenvalue weighted by Crippen LogP contribution is -2.24. The molecule has 2 amide bonds. The van der Waals surface area contributed by atoms with E-state index in [1.165, 1.54) is 12.3 Å². The van der Waals surface area contributed by atoms with E-state index in [9.17, 15) is 18.0 Å². The van der Waals surface area contributed by atoms with Gasteiger partial charge in [-0.2, -0.15) is 13.2 Å². The van der Waals surface area contributed by atoms with E-state index in [2.05, 4.69) is 10.6 Å². The van der Waals surface area contributed by atoms with Crippen molar-refractivity contribution in [2.24, 2.45) is 0 Å². The third-order valence-corrected chi connectivity index (χ3v) is 3.59. The van der Waals surface area contributed by atoms with Gasteiger partial charge < -0.3 is 10.6 Å². The van der Waals surface area contributed by atoms with Gasteiger partial charge in [0.05, 0.1) is 10.6 Å². The lowest BCUT2D eigenvalue weighted by Gasteiger charge is -2.11. The predicted octanol–water partition coefficient (Wildman–Crippen LogP) is 5.80. The molecule has 0 saturated heterocycles. The molecule has 0 atom stereocenters. The van der Waals surface area contributed by atoms with Crippen LogP contribution < -0.4 is 10.6 Å². The van der Waals surface area contributed by atoms with Crippen LogP contribution in [0.1, 0.15) is 11.1 Å². The van der Waals surface area contributed by atoms with Gasteiger partial charge in [-0.3, -0.25) is 0 Å². The van der Waals surface area contributed by atoms with Crippen LogP contribution in [-0.4, -0.2) is 6.03 Å². The van der Waals surface area contributed by atoms with Gasteiger partial charge in [0.1, 0.15) is 0 Å². The van der Waals surface area contributed by atoms with Crippen molar-refractivity contribution in [3.05, 3.63) is 69.8 Å². The normalized spacial score (nSPS) is 11.5. The van der Waals surface area contributed by atoms with Crippen molar-refractivity contribution < 1.29 is 18.0 Å². The summed E-state index contributed by atoms with van der Waals surface area (Å²) in [6, 6.07) is 9.37. The molecule has 0 heterocycles.